The topological polar surface area (TPSA) is 59.1 Å². The van der Waals surface area contributed by atoms with E-state index in [1.807, 2.05) is 29.2 Å². The van der Waals surface area contributed by atoms with Crippen LogP contribution in [-0.2, 0) is 11.2 Å². The summed E-state index contributed by atoms with van der Waals surface area (Å²) in [5.41, 5.74) is 1.63. The van der Waals surface area contributed by atoms with Crippen LogP contribution < -0.4 is 9.47 Å². The summed E-state index contributed by atoms with van der Waals surface area (Å²) in [5, 5.41) is 2.58. The third kappa shape index (κ3) is 5.68. The Morgan fingerprint density at radius 3 is 2.69 bits per heavy atom. The van der Waals surface area contributed by atoms with E-state index in [0.29, 0.717) is 41.9 Å². The molecule has 0 spiro atoms. The standard InChI is InChI=1S/C28H29ClN2O4S/c1-34-22-6-3-7-23(15-22)35-18-25-24-11-13-36-26(24)10-12-31(25)27(32)17-30(16-19-8-9-19)28(33)20-4-2-5-21(29)14-20/h2-7,11,13-15,19,25H,8-10,12,16-18H2,1H3/t25-/m1/s1. The van der Waals surface area contributed by atoms with E-state index < -0.39 is 0 Å². The van der Waals surface area contributed by atoms with Crippen LogP contribution in [0, 0.1) is 5.92 Å². The SMILES string of the molecule is COc1cccc(OC[C@@H]2c3ccsc3CCN2C(=O)CN(CC2CC2)C(=O)c2cccc(Cl)c2)c1. The number of fused-ring (bicyclic) bond motifs is 1. The van der Waals surface area contributed by atoms with Gasteiger partial charge in [-0.15, -0.1) is 11.3 Å². The monoisotopic (exact) mass is 524 g/mol. The van der Waals surface area contributed by atoms with Crippen molar-refractivity contribution in [1.29, 1.82) is 0 Å². The van der Waals surface area contributed by atoms with Crippen molar-refractivity contribution in [3.05, 3.63) is 81.0 Å². The fraction of sp³-hybridized carbons (Fsp3) is 0.357. The summed E-state index contributed by atoms with van der Waals surface area (Å²) in [6.07, 6.45) is 2.98. The van der Waals surface area contributed by atoms with Crippen LogP contribution in [0.5, 0.6) is 11.5 Å². The largest absolute Gasteiger partial charge is 0.497 e. The number of halogens is 1. The van der Waals surface area contributed by atoms with E-state index in [1.165, 1.54) is 4.88 Å². The van der Waals surface area contributed by atoms with Gasteiger partial charge in [-0.3, -0.25) is 9.59 Å². The summed E-state index contributed by atoms with van der Waals surface area (Å²) < 4.78 is 11.4. The number of hydrogen-bond acceptors (Lipinski definition) is 5. The minimum absolute atomic E-state index is 0.0387. The molecule has 2 amide bonds. The Morgan fingerprint density at radius 1 is 1.11 bits per heavy atom. The Labute approximate surface area is 220 Å². The van der Waals surface area contributed by atoms with Gasteiger partial charge < -0.3 is 19.3 Å². The van der Waals surface area contributed by atoms with E-state index in [0.717, 1.165) is 30.6 Å². The number of nitrogens with zero attached hydrogens (tertiary/aromatic N) is 2. The van der Waals surface area contributed by atoms with E-state index in [9.17, 15) is 9.59 Å². The van der Waals surface area contributed by atoms with Gasteiger partial charge in [0, 0.05) is 34.6 Å². The number of benzene rings is 2. The lowest BCUT2D eigenvalue weighted by atomic mass is 10.0. The molecule has 1 fully saturated rings. The number of carbonyl (C=O) groups excluding carboxylic acids is 2. The van der Waals surface area contributed by atoms with Crippen LogP contribution in [0.15, 0.2) is 60.0 Å². The average Bonchev–Trinajstić information content (AvgIpc) is 3.58. The Hall–Kier alpha value is -3.03. The van der Waals surface area contributed by atoms with Gasteiger partial charge in [0.25, 0.3) is 5.91 Å². The van der Waals surface area contributed by atoms with Gasteiger partial charge in [-0.1, -0.05) is 23.7 Å². The van der Waals surface area contributed by atoms with Gasteiger partial charge in [0.05, 0.1) is 13.2 Å². The van der Waals surface area contributed by atoms with Crippen molar-refractivity contribution in [2.75, 3.05) is 33.4 Å². The summed E-state index contributed by atoms with van der Waals surface area (Å²) in [6, 6.07) is 16.3. The van der Waals surface area contributed by atoms with Crippen LogP contribution in [-0.4, -0.2) is 55.0 Å². The molecule has 2 aromatic carbocycles. The highest BCUT2D eigenvalue weighted by atomic mass is 35.5. The first-order valence-corrected chi connectivity index (χ1v) is 13.4. The van der Waals surface area contributed by atoms with Crippen molar-refractivity contribution in [3.63, 3.8) is 0 Å². The van der Waals surface area contributed by atoms with Crippen molar-refractivity contribution >= 4 is 34.8 Å². The quantitative estimate of drug-likeness (QED) is 0.372. The number of thiophene rings is 1. The number of methoxy groups -OCH3 is 1. The molecule has 1 atom stereocenters. The predicted octanol–water partition coefficient (Wildman–Crippen LogP) is 5.47. The molecule has 36 heavy (non-hydrogen) atoms. The van der Waals surface area contributed by atoms with Crippen molar-refractivity contribution in [1.82, 2.24) is 9.80 Å². The zero-order valence-corrected chi connectivity index (χ0v) is 21.8. The van der Waals surface area contributed by atoms with Gasteiger partial charge >= 0.3 is 0 Å². The Balaban J connectivity index is 1.34. The van der Waals surface area contributed by atoms with Gasteiger partial charge in [-0.2, -0.15) is 0 Å². The van der Waals surface area contributed by atoms with E-state index in [-0.39, 0.29) is 24.4 Å². The van der Waals surface area contributed by atoms with Crippen molar-refractivity contribution < 1.29 is 19.1 Å². The molecule has 5 rings (SSSR count). The summed E-state index contributed by atoms with van der Waals surface area (Å²) in [6.45, 7) is 1.55. The molecule has 2 aliphatic rings. The summed E-state index contributed by atoms with van der Waals surface area (Å²) in [7, 11) is 1.62. The van der Waals surface area contributed by atoms with E-state index in [1.54, 1.807) is 47.6 Å². The molecule has 1 saturated carbocycles. The molecule has 1 aliphatic carbocycles. The highest BCUT2D eigenvalue weighted by Gasteiger charge is 2.35. The number of carbonyl (C=O) groups is 2. The maximum absolute atomic E-state index is 13.7. The summed E-state index contributed by atoms with van der Waals surface area (Å²) in [4.78, 5) is 31.9. The van der Waals surface area contributed by atoms with Crippen LogP contribution in [0.1, 0.15) is 39.7 Å². The van der Waals surface area contributed by atoms with Crippen molar-refractivity contribution in [3.8, 4) is 11.5 Å². The number of amides is 2. The molecule has 3 aromatic rings. The number of rotatable bonds is 9. The molecule has 8 heteroatoms. The first-order valence-electron chi connectivity index (χ1n) is 12.2. The first-order chi connectivity index (χ1) is 17.5. The highest BCUT2D eigenvalue weighted by Crippen LogP contribution is 2.35. The second kappa shape index (κ2) is 10.9. The second-order valence-electron chi connectivity index (χ2n) is 9.28. The van der Waals surface area contributed by atoms with Gasteiger partial charge in [0.2, 0.25) is 5.91 Å². The van der Waals surface area contributed by atoms with Gasteiger partial charge in [-0.25, -0.2) is 0 Å². The fourth-order valence-corrected chi connectivity index (χ4v) is 5.75. The maximum Gasteiger partial charge on any atom is 0.254 e. The molecule has 188 valence electrons. The zero-order chi connectivity index (χ0) is 25.1. The molecular formula is C28H29ClN2O4S. The van der Waals surface area contributed by atoms with Crippen LogP contribution in [0.2, 0.25) is 5.02 Å². The molecule has 1 aliphatic heterocycles. The lowest BCUT2D eigenvalue weighted by Crippen LogP contribution is -2.48. The van der Waals surface area contributed by atoms with E-state index >= 15 is 0 Å². The van der Waals surface area contributed by atoms with Crippen LogP contribution in [0.4, 0.5) is 0 Å². The smallest absolute Gasteiger partial charge is 0.254 e. The number of ether oxygens (including phenoxy) is 2. The molecule has 0 unspecified atom stereocenters. The Bertz CT molecular complexity index is 1240. The molecule has 0 N–H and O–H groups in total. The zero-order valence-electron chi connectivity index (χ0n) is 20.2. The second-order valence-corrected chi connectivity index (χ2v) is 10.7. The van der Waals surface area contributed by atoms with Crippen molar-refractivity contribution in [2.45, 2.75) is 25.3 Å². The Morgan fingerprint density at radius 2 is 1.92 bits per heavy atom. The lowest BCUT2D eigenvalue weighted by Gasteiger charge is -2.37. The number of hydrogen-bond donors (Lipinski definition) is 0. The molecule has 1 aromatic heterocycles. The van der Waals surface area contributed by atoms with Gasteiger partial charge in [0.1, 0.15) is 24.7 Å². The summed E-state index contributed by atoms with van der Waals surface area (Å²) in [5.74, 6) is 1.64. The van der Waals surface area contributed by atoms with E-state index in [4.69, 9.17) is 21.1 Å². The molecule has 0 saturated heterocycles. The van der Waals surface area contributed by atoms with E-state index in [2.05, 4.69) is 11.4 Å². The van der Waals surface area contributed by atoms with Crippen molar-refractivity contribution in [2.24, 2.45) is 5.92 Å². The fourth-order valence-electron chi connectivity index (χ4n) is 4.63. The predicted molar refractivity (Wildman–Crippen MR) is 141 cm³/mol. The van der Waals surface area contributed by atoms with Crippen LogP contribution in [0.3, 0.4) is 0 Å². The summed E-state index contributed by atoms with van der Waals surface area (Å²) >= 11 is 7.85. The van der Waals surface area contributed by atoms with Gasteiger partial charge in [0.15, 0.2) is 0 Å². The Kier molecular flexibility index (Phi) is 7.48. The minimum Gasteiger partial charge on any atom is -0.497 e. The third-order valence-corrected chi connectivity index (χ3v) is 7.96. The highest BCUT2D eigenvalue weighted by molar-refractivity contribution is 7.10. The average molecular weight is 525 g/mol. The normalized spacial score (nSPS) is 16.8. The van der Waals surface area contributed by atoms with Gasteiger partial charge in [-0.05, 0) is 72.5 Å². The van der Waals surface area contributed by atoms with Crippen LogP contribution in [0.25, 0.3) is 0 Å². The first kappa shape index (κ1) is 24.7. The molecule has 6 nitrogen and oxygen atoms in total. The molecular weight excluding hydrogens is 496 g/mol. The molecule has 0 bridgehead atoms. The lowest BCUT2D eigenvalue weighted by molar-refractivity contribution is -0.135. The van der Waals surface area contributed by atoms with Crippen LogP contribution >= 0.6 is 22.9 Å². The molecule has 2 heterocycles. The third-order valence-electron chi connectivity index (χ3n) is 6.72. The molecule has 0 radical (unpaired) electrons. The minimum atomic E-state index is -0.220. The maximum atomic E-state index is 13.7.